The number of para-hydroxylation sites is 1. The highest BCUT2D eigenvalue weighted by Crippen LogP contribution is 2.34. The lowest BCUT2D eigenvalue weighted by atomic mass is 10.1. The van der Waals surface area contributed by atoms with Crippen LogP contribution in [0.1, 0.15) is 11.1 Å². The van der Waals surface area contributed by atoms with E-state index in [-0.39, 0.29) is 11.7 Å². The predicted octanol–water partition coefficient (Wildman–Crippen LogP) is 7.43. The normalized spacial score (nSPS) is 10.8. The molecule has 1 amide bonds. The molecule has 0 aliphatic rings. The van der Waals surface area contributed by atoms with Crippen LogP contribution in [-0.4, -0.2) is 21.9 Å². The maximum atomic E-state index is 12.6. The summed E-state index contributed by atoms with van der Waals surface area (Å²) in [6, 6.07) is 21.5. The molecule has 2 N–H and O–H groups in total. The zero-order valence-corrected chi connectivity index (χ0v) is 21.2. The number of rotatable bonds is 8. The van der Waals surface area contributed by atoms with E-state index in [1.165, 1.54) is 34.2 Å². The number of carbonyl (C=O) groups excluding carboxylic acids is 1. The molecule has 0 atom stereocenters. The third kappa shape index (κ3) is 6.51. The summed E-state index contributed by atoms with van der Waals surface area (Å²) in [5, 5.41) is 16.1. The molecule has 0 aliphatic carbocycles. The van der Waals surface area contributed by atoms with Gasteiger partial charge in [-0.15, -0.1) is 10.2 Å². The Morgan fingerprint density at radius 2 is 1.73 bits per heavy atom. The molecule has 0 saturated heterocycles. The van der Waals surface area contributed by atoms with Gasteiger partial charge >= 0.3 is 0 Å². The molecule has 33 heavy (non-hydrogen) atoms. The van der Waals surface area contributed by atoms with Crippen LogP contribution in [-0.2, 0) is 4.79 Å². The van der Waals surface area contributed by atoms with E-state index in [9.17, 15) is 4.79 Å². The standard InChI is InChI=1S/C24H21ClN4OS3/c1-15-6-5-8-19(16(15)2)27-23-28-29-24(33-23)31-14-22(30)26-20-7-3-4-9-21(20)32-18-12-10-17(25)11-13-18/h3-13H,14H2,1-2H3,(H,26,30)(H,27,28). The van der Waals surface area contributed by atoms with Gasteiger partial charge in [0, 0.05) is 20.5 Å². The maximum Gasteiger partial charge on any atom is 0.234 e. The Bertz CT molecular complexity index is 1260. The minimum atomic E-state index is -0.0941. The topological polar surface area (TPSA) is 66.9 Å². The van der Waals surface area contributed by atoms with Crippen molar-refractivity contribution in [1.82, 2.24) is 10.2 Å². The Hall–Kier alpha value is -2.52. The van der Waals surface area contributed by atoms with Crippen LogP contribution in [0.3, 0.4) is 0 Å². The number of nitrogens with one attached hydrogen (secondary N) is 2. The first kappa shape index (κ1) is 23.6. The number of aryl methyl sites for hydroxylation is 1. The van der Waals surface area contributed by atoms with Gasteiger partial charge in [0.05, 0.1) is 11.4 Å². The van der Waals surface area contributed by atoms with Crippen LogP contribution < -0.4 is 10.6 Å². The highest BCUT2D eigenvalue weighted by atomic mass is 35.5. The second kappa shape index (κ2) is 11.1. The van der Waals surface area contributed by atoms with Gasteiger partial charge in [0.1, 0.15) is 0 Å². The summed E-state index contributed by atoms with van der Waals surface area (Å²) in [7, 11) is 0. The number of benzene rings is 3. The van der Waals surface area contributed by atoms with Crippen LogP contribution >= 0.6 is 46.5 Å². The zero-order valence-electron chi connectivity index (χ0n) is 18.0. The van der Waals surface area contributed by atoms with Gasteiger partial charge in [-0.3, -0.25) is 4.79 Å². The van der Waals surface area contributed by atoms with Gasteiger partial charge in [-0.2, -0.15) is 0 Å². The lowest BCUT2D eigenvalue weighted by Crippen LogP contribution is -2.14. The smallest absolute Gasteiger partial charge is 0.234 e. The number of amides is 1. The van der Waals surface area contributed by atoms with Crippen LogP contribution in [0.5, 0.6) is 0 Å². The molecule has 3 aromatic carbocycles. The summed E-state index contributed by atoms with van der Waals surface area (Å²) in [4.78, 5) is 14.6. The van der Waals surface area contributed by atoms with Crippen LogP contribution in [0.25, 0.3) is 0 Å². The van der Waals surface area contributed by atoms with E-state index in [2.05, 4.69) is 40.7 Å². The van der Waals surface area contributed by atoms with E-state index in [0.29, 0.717) is 10.2 Å². The monoisotopic (exact) mass is 512 g/mol. The number of nitrogens with zero attached hydrogens (tertiary/aromatic N) is 2. The minimum Gasteiger partial charge on any atom is -0.330 e. The second-order valence-electron chi connectivity index (χ2n) is 7.13. The fourth-order valence-corrected chi connectivity index (χ4v) is 5.51. The number of hydrogen-bond donors (Lipinski definition) is 2. The Balaban J connectivity index is 1.34. The summed E-state index contributed by atoms with van der Waals surface area (Å²) in [6.45, 7) is 4.15. The van der Waals surface area contributed by atoms with Crippen molar-refractivity contribution in [3.05, 3.63) is 82.9 Å². The summed E-state index contributed by atoms with van der Waals surface area (Å²) in [6.07, 6.45) is 0. The van der Waals surface area contributed by atoms with Gasteiger partial charge in [-0.25, -0.2) is 0 Å². The lowest BCUT2D eigenvalue weighted by molar-refractivity contribution is -0.113. The fourth-order valence-electron chi connectivity index (χ4n) is 2.92. The third-order valence-corrected chi connectivity index (χ3v) is 8.09. The number of anilines is 3. The number of hydrogen-bond acceptors (Lipinski definition) is 7. The van der Waals surface area contributed by atoms with Gasteiger partial charge in [0.2, 0.25) is 11.0 Å². The van der Waals surface area contributed by atoms with Gasteiger partial charge in [0.15, 0.2) is 4.34 Å². The van der Waals surface area contributed by atoms with Crippen LogP contribution in [0.4, 0.5) is 16.5 Å². The first-order chi connectivity index (χ1) is 16.0. The molecule has 0 saturated carbocycles. The van der Waals surface area contributed by atoms with E-state index in [4.69, 9.17) is 11.6 Å². The average molecular weight is 513 g/mol. The zero-order chi connectivity index (χ0) is 23.2. The molecule has 0 spiro atoms. The van der Waals surface area contributed by atoms with Gasteiger partial charge in [0.25, 0.3) is 0 Å². The van der Waals surface area contributed by atoms with E-state index in [0.717, 1.165) is 25.5 Å². The van der Waals surface area contributed by atoms with Crippen LogP contribution in [0, 0.1) is 13.8 Å². The molecule has 0 fully saturated rings. The van der Waals surface area contributed by atoms with Crippen LogP contribution in [0.15, 0.2) is 80.9 Å². The molecule has 0 unspecified atom stereocenters. The van der Waals surface area contributed by atoms with Crippen LogP contribution in [0.2, 0.25) is 5.02 Å². The Morgan fingerprint density at radius 1 is 0.970 bits per heavy atom. The van der Waals surface area contributed by atoms with Crippen molar-refractivity contribution in [1.29, 1.82) is 0 Å². The summed E-state index contributed by atoms with van der Waals surface area (Å²) >= 11 is 10.4. The fraction of sp³-hybridized carbons (Fsp3) is 0.125. The number of halogens is 1. The first-order valence-corrected chi connectivity index (χ1v) is 13.1. The van der Waals surface area contributed by atoms with Crippen molar-refractivity contribution in [3.63, 3.8) is 0 Å². The molecule has 168 valence electrons. The molecule has 5 nitrogen and oxygen atoms in total. The quantitative estimate of drug-likeness (QED) is 0.239. The highest BCUT2D eigenvalue weighted by molar-refractivity contribution is 8.01. The predicted molar refractivity (Wildman–Crippen MR) is 140 cm³/mol. The SMILES string of the molecule is Cc1cccc(Nc2nnc(SCC(=O)Nc3ccccc3Sc3ccc(Cl)cc3)s2)c1C. The van der Waals surface area contributed by atoms with Crippen molar-refractivity contribution in [2.75, 3.05) is 16.4 Å². The molecule has 4 rings (SSSR count). The molecule has 1 aromatic heterocycles. The van der Waals surface area contributed by atoms with E-state index in [1.54, 1.807) is 11.8 Å². The van der Waals surface area contributed by atoms with E-state index < -0.39 is 0 Å². The van der Waals surface area contributed by atoms with Crippen molar-refractivity contribution in [2.45, 2.75) is 28.0 Å². The van der Waals surface area contributed by atoms with E-state index in [1.807, 2.05) is 60.7 Å². The first-order valence-electron chi connectivity index (χ1n) is 10.1. The van der Waals surface area contributed by atoms with Crippen molar-refractivity contribution < 1.29 is 4.79 Å². The molecule has 9 heteroatoms. The molecule has 0 aliphatic heterocycles. The molecule has 1 heterocycles. The number of aromatic nitrogens is 2. The third-order valence-electron chi connectivity index (χ3n) is 4.78. The van der Waals surface area contributed by atoms with Crippen molar-refractivity contribution >= 4 is 68.9 Å². The summed E-state index contributed by atoms with van der Waals surface area (Å²) in [5.74, 6) is 0.154. The highest BCUT2D eigenvalue weighted by Gasteiger charge is 2.12. The van der Waals surface area contributed by atoms with E-state index >= 15 is 0 Å². The number of thioether (sulfide) groups is 1. The molecule has 4 aromatic rings. The molecule has 0 bridgehead atoms. The minimum absolute atomic E-state index is 0.0941. The van der Waals surface area contributed by atoms with Crippen molar-refractivity contribution in [2.24, 2.45) is 0 Å². The van der Waals surface area contributed by atoms with Gasteiger partial charge in [-0.05, 0) is 67.4 Å². The largest absolute Gasteiger partial charge is 0.330 e. The van der Waals surface area contributed by atoms with Gasteiger partial charge < -0.3 is 10.6 Å². The Morgan fingerprint density at radius 3 is 2.55 bits per heavy atom. The molecular weight excluding hydrogens is 492 g/mol. The summed E-state index contributed by atoms with van der Waals surface area (Å²) in [5.41, 5.74) is 4.18. The average Bonchev–Trinajstić information content (AvgIpc) is 3.26. The second-order valence-corrected chi connectivity index (χ2v) is 10.9. The number of carbonyl (C=O) groups is 1. The maximum absolute atomic E-state index is 12.6. The Labute approximate surface area is 210 Å². The van der Waals surface area contributed by atoms with Gasteiger partial charge in [-0.1, -0.05) is 70.7 Å². The summed E-state index contributed by atoms with van der Waals surface area (Å²) < 4.78 is 0.738. The lowest BCUT2D eigenvalue weighted by Gasteiger charge is -2.10. The Kier molecular flexibility index (Phi) is 7.93. The van der Waals surface area contributed by atoms with Crippen molar-refractivity contribution in [3.8, 4) is 0 Å². The molecule has 0 radical (unpaired) electrons. The molecular formula is C24H21ClN4OS3.